The predicted octanol–water partition coefficient (Wildman–Crippen LogP) is 3.18. The van der Waals surface area contributed by atoms with Crippen LogP contribution in [0.5, 0.6) is 0 Å². The largest absolute Gasteiger partial charge is 0.375 e. The molecule has 1 heteroatoms. The molecular weight excluding hydrogens is 170 g/mol. The van der Waals surface area contributed by atoms with E-state index in [1.165, 1.54) is 58.0 Å². The van der Waals surface area contributed by atoms with Gasteiger partial charge >= 0.3 is 0 Å². The number of nitrogens with zero attached hydrogens (tertiary/aromatic N) is 1. The van der Waals surface area contributed by atoms with Gasteiger partial charge < -0.3 is 4.90 Å². The Hall–Kier alpha value is -0.460. The Morgan fingerprint density at radius 3 is 2.36 bits per heavy atom. The third-order valence-electron chi connectivity index (χ3n) is 4.27. The molecule has 2 fully saturated rings. The minimum Gasteiger partial charge on any atom is -0.375 e. The molecule has 1 aliphatic heterocycles. The van der Waals surface area contributed by atoms with Crippen LogP contribution in [-0.2, 0) is 0 Å². The monoisotopic (exact) mass is 191 g/mol. The van der Waals surface area contributed by atoms with Crippen LogP contribution in [0.3, 0.4) is 0 Å². The number of rotatable bonds is 1. The fourth-order valence-corrected chi connectivity index (χ4v) is 3.51. The molecule has 1 heterocycles. The van der Waals surface area contributed by atoms with E-state index in [4.69, 9.17) is 0 Å². The first-order chi connectivity index (χ1) is 6.93. The summed E-state index contributed by atoms with van der Waals surface area (Å²) in [5.74, 6) is 1.91. The van der Waals surface area contributed by atoms with Crippen LogP contribution in [0.15, 0.2) is 11.8 Å². The van der Waals surface area contributed by atoms with Crippen LogP contribution in [0.1, 0.15) is 44.9 Å². The molecule has 14 heavy (non-hydrogen) atoms. The third-order valence-corrected chi connectivity index (χ3v) is 4.27. The van der Waals surface area contributed by atoms with Gasteiger partial charge in [0, 0.05) is 18.8 Å². The Kier molecular flexibility index (Phi) is 2.27. The molecule has 3 rings (SSSR count). The fraction of sp³-hybridized carbons (Fsp3) is 0.846. The molecule has 2 aliphatic carbocycles. The van der Waals surface area contributed by atoms with E-state index < -0.39 is 0 Å². The predicted molar refractivity (Wildman–Crippen MR) is 59.0 cm³/mol. The van der Waals surface area contributed by atoms with Gasteiger partial charge in [-0.3, -0.25) is 0 Å². The van der Waals surface area contributed by atoms with Gasteiger partial charge in [-0.15, -0.1) is 0 Å². The lowest BCUT2D eigenvalue weighted by molar-refractivity contribution is 0.317. The Bertz CT molecular complexity index is 236. The zero-order chi connectivity index (χ0) is 9.38. The van der Waals surface area contributed by atoms with Crippen molar-refractivity contribution in [2.24, 2.45) is 11.8 Å². The maximum Gasteiger partial charge on any atom is 0.0174 e. The minimum atomic E-state index is 0.957. The minimum absolute atomic E-state index is 0.957. The second-order valence-electron chi connectivity index (χ2n) is 5.26. The summed E-state index contributed by atoms with van der Waals surface area (Å²) in [5.41, 5.74) is 1.74. The van der Waals surface area contributed by atoms with Gasteiger partial charge in [-0.2, -0.15) is 0 Å². The molecule has 0 N–H and O–H groups in total. The van der Waals surface area contributed by atoms with Crippen LogP contribution in [0.25, 0.3) is 0 Å². The van der Waals surface area contributed by atoms with Crippen LogP contribution in [0.2, 0.25) is 0 Å². The summed E-state index contributed by atoms with van der Waals surface area (Å²) in [6, 6.07) is 0. The van der Waals surface area contributed by atoms with Gasteiger partial charge in [0.05, 0.1) is 0 Å². The molecule has 2 atom stereocenters. The highest BCUT2D eigenvalue weighted by molar-refractivity contribution is 5.18. The maximum atomic E-state index is 2.71. The van der Waals surface area contributed by atoms with Crippen molar-refractivity contribution in [1.82, 2.24) is 4.90 Å². The number of likely N-dealkylation sites (tertiary alicyclic amines) is 1. The second-order valence-corrected chi connectivity index (χ2v) is 5.26. The molecule has 0 amide bonds. The highest BCUT2D eigenvalue weighted by Crippen LogP contribution is 2.45. The Balaban J connectivity index is 1.72. The van der Waals surface area contributed by atoms with Gasteiger partial charge in [-0.05, 0) is 43.9 Å². The molecule has 0 aromatic carbocycles. The van der Waals surface area contributed by atoms with Crippen LogP contribution < -0.4 is 0 Å². The van der Waals surface area contributed by atoms with Crippen LogP contribution in [-0.4, -0.2) is 18.0 Å². The van der Waals surface area contributed by atoms with Crippen molar-refractivity contribution < 1.29 is 0 Å². The van der Waals surface area contributed by atoms with Crippen LogP contribution in [0.4, 0.5) is 0 Å². The van der Waals surface area contributed by atoms with Gasteiger partial charge in [0.1, 0.15) is 0 Å². The average molecular weight is 191 g/mol. The summed E-state index contributed by atoms with van der Waals surface area (Å²) in [7, 11) is 0. The van der Waals surface area contributed by atoms with E-state index in [1.54, 1.807) is 5.70 Å². The van der Waals surface area contributed by atoms with Gasteiger partial charge in [0.15, 0.2) is 0 Å². The Labute approximate surface area is 87.2 Å². The van der Waals surface area contributed by atoms with Crippen LogP contribution in [0, 0.1) is 11.8 Å². The lowest BCUT2D eigenvalue weighted by Gasteiger charge is -2.29. The first-order valence-corrected chi connectivity index (χ1v) is 6.40. The third kappa shape index (κ3) is 1.47. The van der Waals surface area contributed by atoms with E-state index in [0.717, 1.165) is 11.8 Å². The molecular formula is C13H21N. The van der Waals surface area contributed by atoms with Gasteiger partial charge in [0.25, 0.3) is 0 Å². The lowest BCUT2D eigenvalue weighted by atomic mass is 10.0. The smallest absolute Gasteiger partial charge is 0.0174 e. The van der Waals surface area contributed by atoms with E-state index in [-0.39, 0.29) is 0 Å². The zero-order valence-corrected chi connectivity index (χ0v) is 9.04. The molecule has 1 saturated heterocycles. The normalized spacial score (nSPS) is 37.1. The van der Waals surface area contributed by atoms with E-state index in [2.05, 4.69) is 11.0 Å². The maximum absolute atomic E-state index is 2.71. The summed E-state index contributed by atoms with van der Waals surface area (Å²) in [4.78, 5) is 2.71. The number of hydrogen-bond donors (Lipinski definition) is 0. The van der Waals surface area contributed by atoms with Crippen molar-refractivity contribution in [1.29, 1.82) is 0 Å². The van der Waals surface area contributed by atoms with Gasteiger partial charge in [-0.25, -0.2) is 0 Å². The molecule has 3 aliphatic rings. The number of fused-ring (bicyclic) bond motifs is 2. The quantitative estimate of drug-likeness (QED) is 0.615. The van der Waals surface area contributed by atoms with E-state index in [1.807, 2.05) is 0 Å². The molecule has 0 unspecified atom stereocenters. The topological polar surface area (TPSA) is 3.24 Å². The molecule has 0 aromatic rings. The summed E-state index contributed by atoms with van der Waals surface area (Å²) < 4.78 is 0. The van der Waals surface area contributed by atoms with E-state index >= 15 is 0 Å². The van der Waals surface area contributed by atoms with Crippen molar-refractivity contribution in [2.45, 2.75) is 44.9 Å². The SMILES string of the molecule is C1=C(N2CCCCCC2)[C@H]2CC[C@H]1C2. The summed E-state index contributed by atoms with van der Waals surface area (Å²) in [6.45, 7) is 2.68. The summed E-state index contributed by atoms with van der Waals surface area (Å²) in [5, 5.41) is 0. The number of allylic oxidation sites excluding steroid dienone is 2. The Morgan fingerprint density at radius 1 is 1.00 bits per heavy atom. The van der Waals surface area contributed by atoms with E-state index in [9.17, 15) is 0 Å². The highest BCUT2D eigenvalue weighted by Gasteiger charge is 2.35. The zero-order valence-electron chi connectivity index (χ0n) is 9.04. The molecule has 0 aromatic heterocycles. The van der Waals surface area contributed by atoms with Crippen molar-refractivity contribution in [3.8, 4) is 0 Å². The molecule has 0 spiro atoms. The molecule has 0 radical (unpaired) electrons. The molecule has 78 valence electrons. The van der Waals surface area contributed by atoms with Crippen molar-refractivity contribution in [3.63, 3.8) is 0 Å². The average Bonchev–Trinajstić information content (AvgIpc) is 2.72. The molecule has 1 nitrogen and oxygen atoms in total. The fourth-order valence-electron chi connectivity index (χ4n) is 3.51. The molecule has 1 saturated carbocycles. The summed E-state index contributed by atoms with van der Waals surface area (Å²) >= 11 is 0. The standard InChI is InChI=1S/C13H21N/c1-2-4-8-14(7-3-1)13-10-11-5-6-12(13)9-11/h10-12H,1-9H2/t11-,12-/m0/s1. The number of hydrogen-bond acceptors (Lipinski definition) is 1. The van der Waals surface area contributed by atoms with Gasteiger partial charge in [0.2, 0.25) is 0 Å². The second kappa shape index (κ2) is 3.60. The Morgan fingerprint density at radius 2 is 1.79 bits per heavy atom. The van der Waals surface area contributed by atoms with Crippen molar-refractivity contribution >= 4 is 0 Å². The van der Waals surface area contributed by atoms with Crippen LogP contribution >= 0.6 is 0 Å². The van der Waals surface area contributed by atoms with Crippen molar-refractivity contribution in [3.05, 3.63) is 11.8 Å². The molecule has 2 bridgehead atoms. The van der Waals surface area contributed by atoms with Crippen molar-refractivity contribution in [2.75, 3.05) is 13.1 Å². The first-order valence-electron chi connectivity index (χ1n) is 6.40. The van der Waals surface area contributed by atoms with Gasteiger partial charge in [-0.1, -0.05) is 18.9 Å². The van der Waals surface area contributed by atoms with E-state index in [0.29, 0.717) is 0 Å². The summed E-state index contributed by atoms with van der Waals surface area (Å²) in [6.07, 6.45) is 12.8. The lowest BCUT2D eigenvalue weighted by Crippen LogP contribution is -2.26. The highest BCUT2D eigenvalue weighted by atomic mass is 15.1. The first kappa shape index (κ1) is 8.82.